The fraction of sp³-hybridized carbons (Fsp3) is 0.885. The molecule has 0 aliphatic rings. The van der Waals surface area contributed by atoms with Gasteiger partial charge in [0.1, 0.15) is 19.8 Å². The van der Waals surface area contributed by atoms with E-state index < -0.39 is 26.5 Å². The van der Waals surface area contributed by atoms with Gasteiger partial charge in [0.15, 0.2) is 6.10 Å². The quantitative estimate of drug-likeness (QED) is 0.0195. The van der Waals surface area contributed by atoms with E-state index in [1.807, 2.05) is 21.1 Å². The van der Waals surface area contributed by atoms with Crippen molar-refractivity contribution in [3.05, 3.63) is 48.6 Å². The van der Waals surface area contributed by atoms with Crippen molar-refractivity contribution in [1.29, 1.82) is 0 Å². The summed E-state index contributed by atoms with van der Waals surface area (Å²) in [4.78, 5) is 38.2. The Morgan fingerprint density at radius 1 is 0.330 bits per heavy atom. The fourth-order valence-corrected chi connectivity index (χ4v) is 13.9. The standard InChI is InChI=1S/C87H166NO8P/c1-6-8-10-12-14-16-18-20-22-24-26-28-30-32-34-36-38-40-41-42-43-44-45-46-47-48-50-52-54-56-58-60-62-64-66-68-70-72-74-76-78-80-87(90)96-85(84-95-97(91,92)94-82-81-88(3,4)5)83-93-86(89)79-77-75-73-71-69-67-65-63-61-59-57-55-53-51-49-39-37-35-33-31-29-27-25-23-21-19-17-15-13-11-9-7-2/h8,10,14,16,20,22,26,28,85H,6-7,9,11-13,15,17-19,21,23-25,27,29-84H2,1-5H3/b10-8-,16-14-,22-20-,28-26-. The van der Waals surface area contributed by atoms with E-state index in [9.17, 15) is 19.0 Å². The second kappa shape index (κ2) is 78.1. The van der Waals surface area contributed by atoms with Gasteiger partial charge in [0, 0.05) is 12.8 Å². The van der Waals surface area contributed by atoms with Crippen LogP contribution in [0.15, 0.2) is 48.6 Å². The van der Waals surface area contributed by atoms with Crippen molar-refractivity contribution in [2.45, 2.75) is 450 Å². The maximum atomic E-state index is 12.9. The molecule has 0 N–H and O–H groups in total. The minimum absolute atomic E-state index is 0.0267. The van der Waals surface area contributed by atoms with E-state index in [2.05, 4.69) is 62.5 Å². The zero-order valence-electron chi connectivity index (χ0n) is 65.6. The Morgan fingerprint density at radius 3 is 0.876 bits per heavy atom. The Bertz CT molecular complexity index is 1770. The monoisotopic (exact) mass is 1380 g/mol. The van der Waals surface area contributed by atoms with Crippen LogP contribution in [0.1, 0.15) is 444 Å². The van der Waals surface area contributed by atoms with Crippen LogP contribution in [0.4, 0.5) is 0 Å². The summed E-state index contributed by atoms with van der Waals surface area (Å²) in [6, 6.07) is 0. The first-order valence-electron chi connectivity index (χ1n) is 42.8. The molecule has 0 aromatic rings. The second-order valence-corrected chi connectivity index (χ2v) is 31.9. The van der Waals surface area contributed by atoms with Crippen LogP contribution in [-0.4, -0.2) is 70.0 Å². The van der Waals surface area contributed by atoms with E-state index >= 15 is 0 Å². The van der Waals surface area contributed by atoms with Gasteiger partial charge in [0.2, 0.25) is 0 Å². The molecule has 0 aliphatic carbocycles. The summed E-state index contributed by atoms with van der Waals surface area (Å²) in [7, 11) is 1.19. The van der Waals surface area contributed by atoms with E-state index in [0.717, 1.165) is 57.8 Å². The largest absolute Gasteiger partial charge is 0.756 e. The molecular formula is C87H166NO8P. The molecule has 0 fully saturated rings. The maximum absolute atomic E-state index is 12.9. The minimum Gasteiger partial charge on any atom is -0.756 e. The highest BCUT2D eigenvalue weighted by Crippen LogP contribution is 2.38. The molecule has 0 amide bonds. The summed E-state index contributed by atoms with van der Waals surface area (Å²) in [6.45, 7) is 4.22. The molecule has 0 aromatic heterocycles. The summed E-state index contributed by atoms with van der Waals surface area (Å²) in [5.41, 5.74) is 0. The summed E-state index contributed by atoms with van der Waals surface area (Å²) in [5, 5.41) is 0. The summed E-state index contributed by atoms with van der Waals surface area (Å²) in [5.74, 6) is -0.804. The maximum Gasteiger partial charge on any atom is 0.306 e. The number of likely N-dealkylation sites (N-methyl/N-ethyl adjacent to an activating group) is 1. The van der Waals surface area contributed by atoms with Gasteiger partial charge in [0.05, 0.1) is 27.7 Å². The van der Waals surface area contributed by atoms with Gasteiger partial charge in [-0.15, -0.1) is 0 Å². The van der Waals surface area contributed by atoms with E-state index in [-0.39, 0.29) is 32.0 Å². The number of allylic oxidation sites excluding steroid dienone is 8. The molecule has 0 saturated carbocycles. The van der Waals surface area contributed by atoms with Gasteiger partial charge in [-0.05, 0) is 51.4 Å². The van der Waals surface area contributed by atoms with Gasteiger partial charge in [-0.3, -0.25) is 14.2 Å². The number of phosphoric acid groups is 1. The van der Waals surface area contributed by atoms with Crippen LogP contribution >= 0.6 is 7.82 Å². The summed E-state index contributed by atoms with van der Waals surface area (Å²) in [6.07, 6.45) is 104. The first-order valence-corrected chi connectivity index (χ1v) is 44.3. The van der Waals surface area contributed by atoms with E-state index in [1.54, 1.807) is 0 Å². The second-order valence-electron chi connectivity index (χ2n) is 30.5. The highest BCUT2D eigenvalue weighted by molar-refractivity contribution is 7.45. The van der Waals surface area contributed by atoms with Gasteiger partial charge in [-0.25, -0.2) is 0 Å². The zero-order chi connectivity index (χ0) is 70.4. The number of unbranched alkanes of at least 4 members (excludes halogenated alkanes) is 59. The first-order chi connectivity index (χ1) is 47.5. The van der Waals surface area contributed by atoms with Crippen molar-refractivity contribution < 1.29 is 42.1 Å². The lowest BCUT2D eigenvalue weighted by Gasteiger charge is -2.28. The number of nitrogens with zero attached hydrogens (tertiary/aromatic N) is 1. The van der Waals surface area contributed by atoms with Crippen molar-refractivity contribution in [3.8, 4) is 0 Å². The average Bonchev–Trinajstić information content (AvgIpc) is 1.69. The molecule has 0 rings (SSSR count). The van der Waals surface area contributed by atoms with Crippen LogP contribution < -0.4 is 4.89 Å². The number of quaternary nitrogens is 1. The van der Waals surface area contributed by atoms with Crippen molar-refractivity contribution >= 4 is 19.8 Å². The number of esters is 2. The number of rotatable bonds is 81. The first kappa shape index (κ1) is 95.0. The molecule has 0 saturated heterocycles. The van der Waals surface area contributed by atoms with E-state index in [1.165, 1.54) is 353 Å². The number of phosphoric ester groups is 1. The Hall–Kier alpha value is -2.03. The van der Waals surface area contributed by atoms with Crippen LogP contribution in [0.25, 0.3) is 0 Å². The van der Waals surface area contributed by atoms with Crippen LogP contribution in [0.5, 0.6) is 0 Å². The topological polar surface area (TPSA) is 111 Å². The van der Waals surface area contributed by atoms with Crippen LogP contribution in [-0.2, 0) is 32.7 Å². The predicted molar refractivity (Wildman–Crippen MR) is 420 cm³/mol. The van der Waals surface area contributed by atoms with Crippen molar-refractivity contribution in [2.24, 2.45) is 0 Å². The Kier molecular flexibility index (Phi) is 76.5. The SMILES string of the molecule is CC/C=C\C/C=C\C/C=C\C/C=C\CCCCCCCCCCCCCCCCCCCCCCCCCCCCCCC(=O)OC(COC(=O)CCCCCCCCCCCCCCCCCCCCCCCCCCCCCCCCCC)COP(=O)([O-])OCC[N+](C)(C)C. The fourth-order valence-electron chi connectivity index (χ4n) is 13.1. The molecule has 0 heterocycles. The van der Waals surface area contributed by atoms with Gasteiger partial charge in [-0.1, -0.05) is 428 Å². The molecule has 0 radical (unpaired) electrons. The molecule has 0 aromatic carbocycles. The third kappa shape index (κ3) is 82.8. The van der Waals surface area contributed by atoms with Crippen molar-refractivity contribution in [3.63, 3.8) is 0 Å². The number of carbonyl (C=O) groups excluding carboxylic acids is 2. The lowest BCUT2D eigenvalue weighted by Crippen LogP contribution is -2.37. The van der Waals surface area contributed by atoms with Gasteiger partial charge in [-0.2, -0.15) is 0 Å². The Balaban J connectivity index is 3.85. The smallest absolute Gasteiger partial charge is 0.306 e. The third-order valence-electron chi connectivity index (χ3n) is 19.6. The molecular weight excluding hydrogens is 1220 g/mol. The van der Waals surface area contributed by atoms with Crippen LogP contribution in [0, 0.1) is 0 Å². The predicted octanol–water partition coefficient (Wildman–Crippen LogP) is 28.1. The molecule has 9 nitrogen and oxygen atoms in total. The molecule has 572 valence electrons. The average molecular weight is 1390 g/mol. The van der Waals surface area contributed by atoms with Gasteiger partial charge < -0.3 is 27.9 Å². The van der Waals surface area contributed by atoms with Gasteiger partial charge in [0.25, 0.3) is 7.82 Å². The molecule has 10 heteroatoms. The number of ether oxygens (including phenoxy) is 2. The Labute approximate surface area is 604 Å². The van der Waals surface area contributed by atoms with Crippen molar-refractivity contribution in [1.82, 2.24) is 0 Å². The highest BCUT2D eigenvalue weighted by atomic mass is 31.2. The van der Waals surface area contributed by atoms with Crippen LogP contribution in [0.3, 0.4) is 0 Å². The number of hydrogen-bond donors (Lipinski definition) is 0. The molecule has 0 spiro atoms. The number of hydrogen-bond acceptors (Lipinski definition) is 8. The third-order valence-corrected chi connectivity index (χ3v) is 20.6. The van der Waals surface area contributed by atoms with Crippen molar-refractivity contribution in [2.75, 3.05) is 47.5 Å². The minimum atomic E-state index is -4.64. The molecule has 0 aliphatic heterocycles. The Morgan fingerprint density at radius 2 is 0.588 bits per heavy atom. The molecule has 2 unspecified atom stereocenters. The zero-order valence-corrected chi connectivity index (χ0v) is 66.5. The number of carbonyl (C=O) groups is 2. The lowest BCUT2D eigenvalue weighted by atomic mass is 10.0. The molecule has 2 atom stereocenters. The molecule has 0 bridgehead atoms. The highest BCUT2D eigenvalue weighted by Gasteiger charge is 2.22. The summed E-state index contributed by atoms with van der Waals surface area (Å²) < 4.78 is 34.5. The van der Waals surface area contributed by atoms with Crippen LogP contribution in [0.2, 0.25) is 0 Å². The van der Waals surface area contributed by atoms with E-state index in [0.29, 0.717) is 17.4 Å². The molecule has 97 heavy (non-hydrogen) atoms. The lowest BCUT2D eigenvalue weighted by molar-refractivity contribution is -0.870. The normalized spacial score (nSPS) is 13.2. The van der Waals surface area contributed by atoms with E-state index in [4.69, 9.17) is 18.5 Å². The summed E-state index contributed by atoms with van der Waals surface area (Å²) >= 11 is 0. The van der Waals surface area contributed by atoms with Gasteiger partial charge >= 0.3 is 11.9 Å².